The molecule has 43 heavy (non-hydrogen) atoms. The lowest BCUT2D eigenvalue weighted by atomic mass is 9.84. The number of piperazine rings is 1. The van der Waals surface area contributed by atoms with E-state index < -0.39 is 0 Å². The summed E-state index contributed by atoms with van der Waals surface area (Å²) in [5.74, 6) is 0.413. The molecule has 3 aromatic rings. The van der Waals surface area contributed by atoms with Crippen LogP contribution in [-0.2, 0) is 4.79 Å². The van der Waals surface area contributed by atoms with Crippen molar-refractivity contribution in [3.63, 3.8) is 0 Å². The fraction of sp³-hybridized carbons (Fsp3) is 0.417. The second-order valence-electron chi connectivity index (χ2n) is 12.3. The van der Waals surface area contributed by atoms with Gasteiger partial charge in [0.05, 0.1) is 23.5 Å². The van der Waals surface area contributed by atoms with Crippen LogP contribution in [0.4, 0.5) is 5.69 Å². The monoisotopic (exact) mass is 577 g/mol. The molecule has 0 bridgehead atoms. The Bertz CT molecular complexity index is 1460. The maximum atomic E-state index is 13.3. The molecule has 3 fully saturated rings. The van der Waals surface area contributed by atoms with Crippen molar-refractivity contribution in [1.29, 1.82) is 0 Å². The molecule has 2 N–H and O–H groups in total. The molecule has 0 radical (unpaired) electrons. The molecule has 1 saturated carbocycles. The zero-order valence-corrected chi connectivity index (χ0v) is 25.4. The molecule has 1 atom stereocenters. The summed E-state index contributed by atoms with van der Waals surface area (Å²) in [6.45, 7) is 9.12. The summed E-state index contributed by atoms with van der Waals surface area (Å²) in [6, 6.07) is 19.2. The highest BCUT2D eigenvalue weighted by atomic mass is 16.2. The predicted octanol–water partition coefficient (Wildman–Crippen LogP) is 5.52. The van der Waals surface area contributed by atoms with Gasteiger partial charge >= 0.3 is 0 Å². The maximum Gasteiger partial charge on any atom is 0.253 e. The van der Waals surface area contributed by atoms with Crippen molar-refractivity contribution in [2.45, 2.75) is 52.0 Å². The molecule has 1 aromatic heterocycles. The van der Waals surface area contributed by atoms with Crippen LogP contribution in [0.5, 0.6) is 0 Å². The van der Waals surface area contributed by atoms with Crippen molar-refractivity contribution < 1.29 is 9.59 Å². The lowest BCUT2D eigenvalue weighted by Crippen LogP contribution is -2.51. The van der Waals surface area contributed by atoms with Crippen molar-refractivity contribution in [2.75, 3.05) is 44.2 Å². The number of anilines is 1. The summed E-state index contributed by atoms with van der Waals surface area (Å²) in [5, 5.41) is 6.65. The first-order valence-corrected chi connectivity index (χ1v) is 15.9. The lowest BCUT2D eigenvalue weighted by Gasteiger charge is -2.39. The quantitative estimate of drug-likeness (QED) is 0.387. The first-order valence-electron chi connectivity index (χ1n) is 15.9. The number of hydrogen-bond acceptors (Lipinski definition) is 5. The number of hydrogen-bond donors (Lipinski definition) is 2. The number of nitrogens with one attached hydrogen (secondary N) is 2. The average Bonchev–Trinajstić information content (AvgIpc) is 3.02. The number of rotatable bonds is 7. The van der Waals surface area contributed by atoms with Crippen molar-refractivity contribution in [1.82, 2.24) is 20.5 Å². The zero-order chi connectivity index (χ0) is 29.8. The number of aromatic nitrogens is 1. The van der Waals surface area contributed by atoms with Crippen molar-refractivity contribution in [3.05, 3.63) is 100 Å². The molecule has 6 rings (SSSR count). The number of carbonyl (C=O) groups excluding carboxylic acids is 2. The summed E-state index contributed by atoms with van der Waals surface area (Å²) in [5.41, 5.74) is 9.10. The third-order valence-corrected chi connectivity index (χ3v) is 9.34. The Morgan fingerprint density at radius 2 is 1.53 bits per heavy atom. The highest BCUT2D eigenvalue weighted by Crippen LogP contribution is 2.32. The van der Waals surface area contributed by atoms with Crippen molar-refractivity contribution >= 4 is 23.1 Å². The van der Waals surface area contributed by atoms with E-state index in [9.17, 15) is 9.59 Å². The molecule has 3 heterocycles. The van der Waals surface area contributed by atoms with Crippen LogP contribution in [0.25, 0.3) is 5.57 Å². The molecule has 2 aliphatic heterocycles. The van der Waals surface area contributed by atoms with Gasteiger partial charge < -0.3 is 20.4 Å². The van der Waals surface area contributed by atoms with E-state index in [1.54, 1.807) is 6.20 Å². The van der Waals surface area contributed by atoms with E-state index in [2.05, 4.69) is 76.0 Å². The van der Waals surface area contributed by atoms with Gasteiger partial charge in [0.1, 0.15) is 0 Å². The number of piperidine rings is 1. The molecule has 2 aromatic carbocycles. The SMILES string of the molecule is Cc1ccc(C(=C2CCNCC2)c2ccc([C@@H](C)NC(=O)c3cncc(N4CCN(C(=O)C5CCC5)CC4)c3)cc2)cc1. The number of aryl methyl sites for hydroxylation is 1. The average molecular weight is 578 g/mol. The van der Waals surface area contributed by atoms with Crippen LogP contribution in [0, 0.1) is 12.8 Å². The number of amides is 2. The highest BCUT2D eigenvalue weighted by molar-refractivity contribution is 5.95. The van der Waals surface area contributed by atoms with Gasteiger partial charge in [-0.05, 0) is 81.0 Å². The standard InChI is InChI=1S/C36H43N5O2/c1-25-6-8-28(9-7-25)34(30-14-16-37-17-15-30)29-12-10-27(11-13-29)26(2)39-35(42)32-22-33(24-38-23-32)40-18-20-41(21-19-40)36(43)31-4-3-5-31/h6-13,22-24,26,31,37H,3-5,14-21H2,1-2H3,(H,39,42)/t26-/m1/s1. The van der Waals surface area contributed by atoms with Crippen LogP contribution in [-0.4, -0.2) is 61.0 Å². The van der Waals surface area contributed by atoms with E-state index in [0.717, 1.165) is 76.2 Å². The molecule has 2 saturated heterocycles. The summed E-state index contributed by atoms with van der Waals surface area (Å²) in [4.78, 5) is 34.5. The molecule has 7 nitrogen and oxygen atoms in total. The first kappa shape index (κ1) is 29.1. The van der Waals surface area contributed by atoms with Crippen LogP contribution in [0.15, 0.2) is 72.6 Å². The minimum Gasteiger partial charge on any atom is -0.367 e. The van der Waals surface area contributed by atoms with Crippen LogP contribution in [0.2, 0.25) is 0 Å². The van der Waals surface area contributed by atoms with Gasteiger partial charge in [0, 0.05) is 38.3 Å². The molecule has 0 unspecified atom stereocenters. The van der Waals surface area contributed by atoms with E-state index in [1.807, 2.05) is 24.1 Å². The smallest absolute Gasteiger partial charge is 0.253 e. The zero-order valence-electron chi connectivity index (χ0n) is 25.4. The van der Waals surface area contributed by atoms with Crippen molar-refractivity contribution in [2.24, 2.45) is 5.92 Å². The second kappa shape index (κ2) is 13.1. The van der Waals surface area contributed by atoms with Crippen LogP contribution in [0.3, 0.4) is 0 Å². The number of pyridine rings is 1. The third kappa shape index (κ3) is 6.67. The molecule has 1 aliphatic carbocycles. The lowest BCUT2D eigenvalue weighted by molar-refractivity contribution is -0.138. The topological polar surface area (TPSA) is 77.6 Å². The van der Waals surface area contributed by atoms with Gasteiger partial charge in [-0.1, -0.05) is 66.1 Å². The largest absolute Gasteiger partial charge is 0.367 e. The summed E-state index contributed by atoms with van der Waals surface area (Å²) < 4.78 is 0. The highest BCUT2D eigenvalue weighted by Gasteiger charge is 2.31. The Hall–Kier alpha value is -3.97. The molecule has 7 heteroatoms. The second-order valence-corrected chi connectivity index (χ2v) is 12.3. The fourth-order valence-corrected chi connectivity index (χ4v) is 6.40. The van der Waals surface area contributed by atoms with E-state index in [4.69, 9.17) is 0 Å². The molecule has 3 aliphatic rings. The van der Waals surface area contributed by atoms with Crippen LogP contribution < -0.4 is 15.5 Å². The third-order valence-electron chi connectivity index (χ3n) is 9.34. The summed E-state index contributed by atoms with van der Waals surface area (Å²) in [7, 11) is 0. The minimum absolute atomic E-state index is 0.137. The van der Waals surface area contributed by atoms with Gasteiger partial charge in [-0.25, -0.2) is 0 Å². The van der Waals surface area contributed by atoms with Crippen molar-refractivity contribution in [3.8, 4) is 0 Å². The Morgan fingerprint density at radius 1 is 0.884 bits per heavy atom. The number of benzene rings is 2. The molecule has 2 amide bonds. The van der Waals surface area contributed by atoms with Gasteiger partial charge in [-0.15, -0.1) is 0 Å². The van der Waals surface area contributed by atoms with E-state index in [0.29, 0.717) is 11.5 Å². The Morgan fingerprint density at radius 3 is 2.16 bits per heavy atom. The molecular weight excluding hydrogens is 534 g/mol. The maximum absolute atomic E-state index is 13.3. The van der Waals surface area contributed by atoms with E-state index in [1.165, 1.54) is 34.3 Å². The van der Waals surface area contributed by atoms with Gasteiger partial charge in [-0.2, -0.15) is 0 Å². The van der Waals surface area contributed by atoms with Gasteiger partial charge in [0.15, 0.2) is 0 Å². The van der Waals surface area contributed by atoms with Crippen LogP contribution in [0.1, 0.15) is 77.7 Å². The van der Waals surface area contributed by atoms with Gasteiger partial charge in [0.25, 0.3) is 5.91 Å². The van der Waals surface area contributed by atoms with Crippen LogP contribution >= 0.6 is 0 Å². The molecular formula is C36H43N5O2. The Balaban J connectivity index is 1.11. The Kier molecular flexibility index (Phi) is 8.89. The number of carbonyl (C=O) groups is 2. The van der Waals surface area contributed by atoms with Gasteiger partial charge in [-0.3, -0.25) is 14.6 Å². The fourth-order valence-electron chi connectivity index (χ4n) is 6.40. The molecule has 0 spiro atoms. The van der Waals surface area contributed by atoms with Gasteiger partial charge in [0.2, 0.25) is 5.91 Å². The Labute approximate surface area is 255 Å². The normalized spacial score (nSPS) is 18.1. The first-order chi connectivity index (χ1) is 21.0. The van der Waals surface area contributed by atoms with E-state index >= 15 is 0 Å². The summed E-state index contributed by atoms with van der Waals surface area (Å²) >= 11 is 0. The summed E-state index contributed by atoms with van der Waals surface area (Å²) in [6.07, 6.45) is 8.79. The number of nitrogens with zero attached hydrogens (tertiary/aromatic N) is 3. The van der Waals surface area contributed by atoms with E-state index in [-0.39, 0.29) is 17.9 Å². The minimum atomic E-state index is -0.152. The predicted molar refractivity (Wildman–Crippen MR) is 172 cm³/mol. The molecule has 224 valence electrons.